The second-order valence-corrected chi connectivity index (χ2v) is 2.27. The molecular formula is CF3FeO3S. The largest absolute Gasteiger partial charge is 1.00 e. The van der Waals surface area contributed by atoms with Crippen LogP contribution in [-0.2, 0) is 27.2 Å². The average molecular weight is 205 g/mol. The standard InChI is InChI=1S/CHF3O3S.Fe/c2-1(3,4)8(5,6)7;/h(H,5,6,7);/q;+1/p-1. The first-order valence-corrected chi connectivity index (χ1v) is 2.68. The van der Waals surface area contributed by atoms with Gasteiger partial charge in [-0.15, -0.1) is 0 Å². The normalized spacial score (nSPS) is 12.4. The Hall–Kier alpha value is 0.219. The summed E-state index contributed by atoms with van der Waals surface area (Å²) in [7, 11) is -6.09. The van der Waals surface area contributed by atoms with Gasteiger partial charge >= 0.3 is 22.6 Å². The van der Waals surface area contributed by atoms with E-state index in [4.69, 9.17) is 13.0 Å². The Morgan fingerprint density at radius 2 is 1.33 bits per heavy atom. The first kappa shape index (κ1) is 12.0. The van der Waals surface area contributed by atoms with Crippen LogP contribution in [0.25, 0.3) is 0 Å². The summed E-state index contributed by atoms with van der Waals surface area (Å²) in [5.74, 6) is 0. The van der Waals surface area contributed by atoms with E-state index in [1.54, 1.807) is 0 Å². The zero-order valence-electron chi connectivity index (χ0n) is 3.62. The Kier molecular flexibility index (Phi) is 3.81. The maximum Gasteiger partial charge on any atom is 1.00 e. The maximum absolute atomic E-state index is 10.7. The van der Waals surface area contributed by atoms with Crippen LogP contribution in [0.1, 0.15) is 0 Å². The summed E-state index contributed by atoms with van der Waals surface area (Å²) in [5.41, 5.74) is -5.65. The molecule has 0 saturated carbocycles. The molecular weight excluding hydrogens is 205 g/mol. The monoisotopic (exact) mass is 205 g/mol. The molecule has 1 radical (unpaired) electrons. The second-order valence-electron chi connectivity index (χ2n) is 0.900. The van der Waals surface area contributed by atoms with E-state index < -0.39 is 15.6 Å². The summed E-state index contributed by atoms with van der Waals surface area (Å²) in [5, 5.41) is 0. The zero-order chi connectivity index (χ0) is 7.00. The number of hydrogen-bond acceptors (Lipinski definition) is 3. The van der Waals surface area contributed by atoms with Crippen molar-refractivity contribution >= 4 is 10.1 Å². The first-order valence-electron chi connectivity index (χ1n) is 1.27. The molecule has 0 aliphatic carbocycles. The Bertz CT molecular complexity index is 168. The van der Waals surface area contributed by atoms with Gasteiger partial charge < -0.3 is 4.55 Å². The third-order valence-corrected chi connectivity index (χ3v) is 0.850. The van der Waals surface area contributed by atoms with Gasteiger partial charge in [0.15, 0.2) is 10.1 Å². The molecule has 8 heteroatoms. The van der Waals surface area contributed by atoms with Crippen molar-refractivity contribution in [3.63, 3.8) is 0 Å². The van der Waals surface area contributed by atoms with Gasteiger partial charge in [0, 0.05) is 0 Å². The van der Waals surface area contributed by atoms with Gasteiger partial charge in [0.2, 0.25) is 0 Å². The topological polar surface area (TPSA) is 57.2 Å². The van der Waals surface area contributed by atoms with Crippen LogP contribution in [0.2, 0.25) is 0 Å². The molecule has 0 rings (SSSR count). The Morgan fingerprint density at radius 3 is 1.33 bits per heavy atom. The quantitative estimate of drug-likeness (QED) is 0.319. The molecule has 57 valence electrons. The minimum Gasteiger partial charge on any atom is -0.741 e. The number of alkyl halides is 3. The van der Waals surface area contributed by atoms with E-state index in [0.29, 0.717) is 0 Å². The molecule has 0 fully saturated rings. The van der Waals surface area contributed by atoms with E-state index in [-0.39, 0.29) is 17.1 Å². The molecule has 0 aliphatic rings. The van der Waals surface area contributed by atoms with E-state index in [0.717, 1.165) is 0 Å². The minimum absolute atomic E-state index is 0. The molecule has 0 aromatic rings. The van der Waals surface area contributed by atoms with Crippen LogP contribution in [0.4, 0.5) is 13.2 Å². The van der Waals surface area contributed by atoms with Crippen LogP contribution in [0.15, 0.2) is 0 Å². The smallest absolute Gasteiger partial charge is 0.741 e. The van der Waals surface area contributed by atoms with Gasteiger partial charge in [0.1, 0.15) is 0 Å². The van der Waals surface area contributed by atoms with Crippen LogP contribution < -0.4 is 0 Å². The minimum atomic E-state index is -6.09. The molecule has 3 nitrogen and oxygen atoms in total. The van der Waals surface area contributed by atoms with E-state index in [1.165, 1.54) is 0 Å². The van der Waals surface area contributed by atoms with Gasteiger partial charge in [-0.3, -0.25) is 0 Å². The van der Waals surface area contributed by atoms with Crippen molar-refractivity contribution in [2.24, 2.45) is 0 Å². The van der Waals surface area contributed by atoms with E-state index >= 15 is 0 Å². The Morgan fingerprint density at radius 1 is 1.22 bits per heavy atom. The van der Waals surface area contributed by atoms with Gasteiger partial charge in [0.25, 0.3) is 0 Å². The van der Waals surface area contributed by atoms with E-state index in [9.17, 15) is 13.2 Å². The van der Waals surface area contributed by atoms with Crippen molar-refractivity contribution in [2.75, 3.05) is 0 Å². The molecule has 0 amide bonds. The van der Waals surface area contributed by atoms with Crippen LogP contribution in [-0.4, -0.2) is 18.5 Å². The van der Waals surface area contributed by atoms with Crippen LogP contribution >= 0.6 is 0 Å². The SMILES string of the molecule is O=S(=O)([O-])C(F)(F)F.[Fe+]. The zero-order valence-corrected chi connectivity index (χ0v) is 5.54. The van der Waals surface area contributed by atoms with E-state index in [2.05, 4.69) is 0 Å². The maximum atomic E-state index is 10.7. The number of halogens is 3. The molecule has 9 heavy (non-hydrogen) atoms. The molecule has 0 unspecified atom stereocenters. The average Bonchev–Trinajstić information content (AvgIpc) is 1.25. The number of rotatable bonds is 0. The third kappa shape index (κ3) is 3.74. The number of hydrogen-bond donors (Lipinski definition) is 0. The Balaban J connectivity index is 0. The molecule has 0 aliphatic heterocycles. The molecule has 0 bridgehead atoms. The van der Waals surface area contributed by atoms with Gasteiger partial charge in [-0.1, -0.05) is 0 Å². The van der Waals surface area contributed by atoms with Crippen LogP contribution in [0.3, 0.4) is 0 Å². The summed E-state index contributed by atoms with van der Waals surface area (Å²) in [6.07, 6.45) is 0. The van der Waals surface area contributed by atoms with Crippen LogP contribution in [0.5, 0.6) is 0 Å². The molecule has 0 saturated heterocycles. The fourth-order valence-corrected chi connectivity index (χ4v) is 0. The molecule has 0 atom stereocenters. The summed E-state index contributed by atoms with van der Waals surface area (Å²) in [6.45, 7) is 0. The summed E-state index contributed by atoms with van der Waals surface area (Å²) < 4.78 is 58.9. The van der Waals surface area contributed by atoms with Crippen molar-refractivity contribution in [3.05, 3.63) is 0 Å². The summed E-state index contributed by atoms with van der Waals surface area (Å²) >= 11 is 0. The fraction of sp³-hybridized carbons (Fsp3) is 1.00. The van der Waals surface area contributed by atoms with Gasteiger partial charge in [0.05, 0.1) is 0 Å². The van der Waals surface area contributed by atoms with Crippen molar-refractivity contribution in [1.82, 2.24) is 0 Å². The third-order valence-electron chi connectivity index (χ3n) is 0.283. The first-order chi connectivity index (χ1) is 3.25. The van der Waals surface area contributed by atoms with Crippen molar-refractivity contribution < 1.29 is 43.2 Å². The van der Waals surface area contributed by atoms with Gasteiger partial charge in [-0.25, -0.2) is 8.42 Å². The van der Waals surface area contributed by atoms with Crippen molar-refractivity contribution in [3.8, 4) is 0 Å². The molecule has 0 N–H and O–H groups in total. The van der Waals surface area contributed by atoms with E-state index in [1.807, 2.05) is 0 Å². The predicted octanol–water partition coefficient (Wildman–Crippen LogP) is 0.0489. The predicted molar refractivity (Wildman–Crippen MR) is 15.8 cm³/mol. The summed E-state index contributed by atoms with van der Waals surface area (Å²) in [6, 6.07) is 0. The van der Waals surface area contributed by atoms with Gasteiger partial charge in [-0.05, 0) is 0 Å². The summed E-state index contributed by atoms with van der Waals surface area (Å²) in [4.78, 5) is 0. The fourth-order valence-electron chi connectivity index (χ4n) is 0. The molecule has 0 spiro atoms. The molecule has 0 aromatic carbocycles. The Labute approximate surface area is 59.5 Å². The van der Waals surface area contributed by atoms with Gasteiger partial charge in [-0.2, -0.15) is 13.2 Å². The second kappa shape index (κ2) is 2.87. The molecule has 0 heterocycles. The molecule has 0 aromatic heterocycles. The van der Waals surface area contributed by atoms with Crippen LogP contribution in [0, 0.1) is 0 Å². The van der Waals surface area contributed by atoms with Crippen molar-refractivity contribution in [2.45, 2.75) is 5.51 Å². The van der Waals surface area contributed by atoms with Crippen molar-refractivity contribution in [1.29, 1.82) is 0 Å².